The van der Waals surface area contributed by atoms with E-state index in [2.05, 4.69) is 12.2 Å². The summed E-state index contributed by atoms with van der Waals surface area (Å²) in [5.74, 6) is -0.845. The number of amides is 2. The maximum atomic E-state index is 12.4. The Labute approximate surface area is 126 Å². The fourth-order valence-corrected chi connectivity index (χ4v) is 1.97. The first-order valence-electron chi connectivity index (χ1n) is 7.39. The normalized spacial score (nSPS) is 11.7. The first-order chi connectivity index (χ1) is 10.0. The molecule has 2 amide bonds. The molecule has 0 heterocycles. The van der Waals surface area contributed by atoms with Crippen LogP contribution in [-0.2, 0) is 4.79 Å². The van der Waals surface area contributed by atoms with Gasteiger partial charge in [-0.05, 0) is 31.9 Å². The number of aliphatic carboxylic acids is 1. The predicted molar refractivity (Wildman–Crippen MR) is 83.6 cm³/mol. The first-order valence-corrected chi connectivity index (χ1v) is 7.39. The zero-order valence-electron chi connectivity index (χ0n) is 12.7. The zero-order chi connectivity index (χ0) is 15.7. The third-order valence-electron chi connectivity index (χ3n) is 3.21. The van der Waals surface area contributed by atoms with Gasteiger partial charge in [0.25, 0.3) is 0 Å². The molecule has 2 N–H and O–H groups in total. The molecule has 0 aromatic heterocycles. The quantitative estimate of drug-likeness (QED) is 0.772. The number of carboxylic acid groups (broad SMARTS) is 1. The molecule has 5 heteroatoms. The Morgan fingerprint density at radius 1 is 1.29 bits per heavy atom. The number of nitrogens with zero attached hydrogens (tertiary/aromatic N) is 1. The van der Waals surface area contributed by atoms with Gasteiger partial charge in [0.05, 0.1) is 0 Å². The van der Waals surface area contributed by atoms with Gasteiger partial charge >= 0.3 is 12.0 Å². The van der Waals surface area contributed by atoms with Gasteiger partial charge in [0.2, 0.25) is 0 Å². The number of carboxylic acids is 1. The van der Waals surface area contributed by atoms with E-state index < -0.39 is 5.97 Å². The van der Waals surface area contributed by atoms with Gasteiger partial charge < -0.3 is 10.4 Å². The van der Waals surface area contributed by atoms with Crippen LogP contribution < -0.4 is 10.2 Å². The number of hydrogen-bond donors (Lipinski definition) is 2. The van der Waals surface area contributed by atoms with Gasteiger partial charge in [-0.3, -0.25) is 9.69 Å². The summed E-state index contributed by atoms with van der Waals surface area (Å²) in [6.07, 6.45) is 2.41. The van der Waals surface area contributed by atoms with Crippen LogP contribution in [0.1, 0.15) is 39.5 Å². The summed E-state index contributed by atoms with van der Waals surface area (Å²) in [6, 6.07) is 9.17. The van der Waals surface area contributed by atoms with Crippen molar-refractivity contribution in [1.82, 2.24) is 5.32 Å². The summed E-state index contributed by atoms with van der Waals surface area (Å²) in [6.45, 7) is 4.55. The molecule has 1 rings (SSSR count). The maximum Gasteiger partial charge on any atom is 0.322 e. The number of carbonyl (C=O) groups excluding carboxylic acids is 1. The lowest BCUT2D eigenvalue weighted by atomic mass is 10.2. The van der Waals surface area contributed by atoms with Crippen molar-refractivity contribution in [3.8, 4) is 0 Å². The van der Waals surface area contributed by atoms with Crippen LogP contribution in [-0.4, -0.2) is 29.7 Å². The molecule has 0 aliphatic carbocycles. The molecule has 0 saturated carbocycles. The van der Waals surface area contributed by atoms with Crippen molar-refractivity contribution < 1.29 is 14.7 Å². The highest BCUT2D eigenvalue weighted by molar-refractivity contribution is 5.92. The van der Waals surface area contributed by atoms with E-state index in [4.69, 9.17) is 5.11 Å². The highest BCUT2D eigenvalue weighted by Crippen LogP contribution is 2.14. The van der Waals surface area contributed by atoms with Gasteiger partial charge in [0.1, 0.15) is 0 Å². The monoisotopic (exact) mass is 292 g/mol. The predicted octanol–water partition coefficient (Wildman–Crippen LogP) is 3.26. The highest BCUT2D eigenvalue weighted by atomic mass is 16.4. The van der Waals surface area contributed by atoms with Crippen LogP contribution in [0.3, 0.4) is 0 Å². The van der Waals surface area contributed by atoms with E-state index in [0.29, 0.717) is 13.0 Å². The summed E-state index contributed by atoms with van der Waals surface area (Å²) in [4.78, 5) is 24.6. The molecule has 0 aliphatic rings. The highest BCUT2D eigenvalue weighted by Gasteiger charge is 2.17. The standard InChI is InChI=1S/C16H24N2O3/c1-3-4-12-18(14-8-6-5-7-9-14)16(21)17-13(2)10-11-15(19)20/h5-9,13H,3-4,10-12H2,1-2H3,(H,17,21)(H,19,20). The second kappa shape index (κ2) is 9.00. The maximum absolute atomic E-state index is 12.4. The molecule has 21 heavy (non-hydrogen) atoms. The minimum atomic E-state index is -0.845. The topological polar surface area (TPSA) is 69.6 Å². The number of hydrogen-bond acceptors (Lipinski definition) is 2. The number of anilines is 1. The van der Waals surface area contributed by atoms with E-state index >= 15 is 0 Å². The minimum absolute atomic E-state index is 0.0573. The van der Waals surface area contributed by atoms with Crippen molar-refractivity contribution >= 4 is 17.7 Å². The fraction of sp³-hybridized carbons (Fsp3) is 0.500. The third-order valence-corrected chi connectivity index (χ3v) is 3.21. The van der Waals surface area contributed by atoms with E-state index in [0.717, 1.165) is 18.5 Å². The van der Waals surface area contributed by atoms with Crippen molar-refractivity contribution in [3.05, 3.63) is 30.3 Å². The van der Waals surface area contributed by atoms with E-state index in [1.807, 2.05) is 37.3 Å². The number of unbranched alkanes of at least 4 members (excludes halogenated alkanes) is 1. The van der Waals surface area contributed by atoms with Crippen LogP contribution in [0.25, 0.3) is 0 Å². The van der Waals surface area contributed by atoms with E-state index in [-0.39, 0.29) is 18.5 Å². The fourth-order valence-electron chi connectivity index (χ4n) is 1.97. The molecule has 116 valence electrons. The molecule has 0 bridgehead atoms. The van der Waals surface area contributed by atoms with Crippen molar-refractivity contribution in [2.24, 2.45) is 0 Å². The van der Waals surface area contributed by atoms with Crippen LogP contribution in [0, 0.1) is 0 Å². The molecule has 1 atom stereocenters. The number of rotatable bonds is 8. The smallest absolute Gasteiger partial charge is 0.322 e. The van der Waals surface area contributed by atoms with Crippen LogP contribution in [0.2, 0.25) is 0 Å². The van der Waals surface area contributed by atoms with E-state index in [1.165, 1.54) is 0 Å². The molecule has 5 nitrogen and oxygen atoms in total. The summed E-state index contributed by atoms with van der Waals surface area (Å²) >= 11 is 0. The van der Waals surface area contributed by atoms with E-state index in [9.17, 15) is 9.59 Å². The summed E-state index contributed by atoms with van der Waals surface area (Å²) in [5, 5.41) is 11.5. The molecular weight excluding hydrogens is 268 g/mol. The largest absolute Gasteiger partial charge is 0.481 e. The molecule has 0 saturated heterocycles. The Morgan fingerprint density at radius 3 is 2.52 bits per heavy atom. The lowest BCUT2D eigenvalue weighted by Gasteiger charge is -2.25. The van der Waals surface area contributed by atoms with Gasteiger partial charge in [0.15, 0.2) is 0 Å². The van der Waals surface area contributed by atoms with Gasteiger partial charge in [-0.1, -0.05) is 31.5 Å². The summed E-state index contributed by atoms with van der Waals surface area (Å²) < 4.78 is 0. The molecular formula is C16H24N2O3. The Balaban J connectivity index is 2.65. The van der Waals surface area contributed by atoms with E-state index in [1.54, 1.807) is 4.90 Å². The molecule has 1 aromatic rings. The van der Waals surface area contributed by atoms with Crippen LogP contribution >= 0.6 is 0 Å². The summed E-state index contributed by atoms with van der Waals surface area (Å²) in [5.41, 5.74) is 0.855. The lowest BCUT2D eigenvalue weighted by molar-refractivity contribution is -0.137. The second-order valence-electron chi connectivity index (χ2n) is 5.12. The first kappa shape index (κ1) is 17.0. The van der Waals surface area contributed by atoms with Gasteiger partial charge in [-0.2, -0.15) is 0 Å². The molecule has 1 unspecified atom stereocenters. The number of benzene rings is 1. The van der Waals surface area contributed by atoms with Crippen molar-refractivity contribution in [3.63, 3.8) is 0 Å². The van der Waals surface area contributed by atoms with Gasteiger partial charge in [0, 0.05) is 24.7 Å². The molecule has 0 radical (unpaired) electrons. The zero-order valence-corrected chi connectivity index (χ0v) is 12.7. The minimum Gasteiger partial charge on any atom is -0.481 e. The number of carbonyl (C=O) groups is 2. The Hall–Kier alpha value is -2.04. The number of urea groups is 1. The average molecular weight is 292 g/mol. The number of para-hydroxylation sites is 1. The van der Waals surface area contributed by atoms with Gasteiger partial charge in [-0.15, -0.1) is 0 Å². The van der Waals surface area contributed by atoms with Crippen LogP contribution in [0.4, 0.5) is 10.5 Å². The third kappa shape index (κ3) is 6.29. The SMILES string of the molecule is CCCCN(C(=O)NC(C)CCC(=O)O)c1ccccc1. The molecule has 1 aromatic carbocycles. The lowest BCUT2D eigenvalue weighted by Crippen LogP contribution is -2.44. The molecule has 0 aliphatic heterocycles. The van der Waals surface area contributed by atoms with Crippen molar-refractivity contribution in [2.45, 2.75) is 45.6 Å². The van der Waals surface area contributed by atoms with Crippen molar-refractivity contribution in [2.75, 3.05) is 11.4 Å². The molecule has 0 fully saturated rings. The molecule has 0 spiro atoms. The van der Waals surface area contributed by atoms with Crippen LogP contribution in [0.5, 0.6) is 0 Å². The summed E-state index contributed by atoms with van der Waals surface area (Å²) in [7, 11) is 0. The van der Waals surface area contributed by atoms with Crippen LogP contribution in [0.15, 0.2) is 30.3 Å². The van der Waals surface area contributed by atoms with Crippen molar-refractivity contribution in [1.29, 1.82) is 0 Å². The average Bonchev–Trinajstić information content (AvgIpc) is 2.46. The Kier molecular flexibility index (Phi) is 7.29. The number of nitrogens with one attached hydrogen (secondary N) is 1. The second-order valence-corrected chi connectivity index (χ2v) is 5.12. The Morgan fingerprint density at radius 2 is 1.95 bits per heavy atom. The Bertz CT molecular complexity index is 448. The van der Waals surface area contributed by atoms with Gasteiger partial charge in [-0.25, -0.2) is 4.79 Å².